The normalized spacial score (nSPS) is 16.8. The van der Waals surface area contributed by atoms with Crippen LogP contribution in [-0.2, 0) is 0 Å². The molecule has 0 atom stereocenters. The summed E-state index contributed by atoms with van der Waals surface area (Å²) in [5.74, 6) is 0.807. The van der Waals surface area contributed by atoms with Crippen molar-refractivity contribution in [2.24, 2.45) is 0 Å². The largest absolute Gasteiger partial charge is 0.294 e. The summed E-state index contributed by atoms with van der Waals surface area (Å²) >= 11 is 1.48. The van der Waals surface area contributed by atoms with E-state index in [-0.39, 0.29) is 5.78 Å². The molecule has 1 saturated carbocycles. The number of nitrogens with zero attached hydrogens (tertiary/aromatic N) is 1. The number of carbonyl (C=O) groups is 1. The Hall–Kier alpha value is -0.700. The van der Waals surface area contributed by atoms with Crippen molar-refractivity contribution in [3.05, 3.63) is 16.6 Å². The topological polar surface area (TPSA) is 30.0 Å². The molecule has 1 aromatic heterocycles. The summed E-state index contributed by atoms with van der Waals surface area (Å²) in [5, 5.41) is 0. The Morgan fingerprint density at radius 2 is 2.45 bits per heavy atom. The number of hydrogen-bond acceptors (Lipinski definition) is 3. The van der Waals surface area contributed by atoms with Gasteiger partial charge >= 0.3 is 0 Å². The smallest absolute Gasteiger partial charge is 0.162 e. The van der Waals surface area contributed by atoms with Crippen LogP contribution in [0.2, 0.25) is 0 Å². The first-order chi connectivity index (χ1) is 5.29. The van der Waals surface area contributed by atoms with Gasteiger partial charge < -0.3 is 0 Å². The Morgan fingerprint density at radius 1 is 1.73 bits per heavy atom. The van der Waals surface area contributed by atoms with Crippen molar-refractivity contribution in [1.82, 2.24) is 4.37 Å². The number of ketones is 1. The highest BCUT2D eigenvalue weighted by Gasteiger charge is 2.28. The monoisotopic (exact) mass is 167 g/mol. The molecule has 0 aromatic carbocycles. The van der Waals surface area contributed by atoms with Gasteiger partial charge in [-0.05, 0) is 37.2 Å². The third-order valence-corrected chi connectivity index (χ3v) is 2.89. The number of aromatic nitrogens is 1. The van der Waals surface area contributed by atoms with Crippen molar-refractivity contribution in [3.63, 3.8) is 0 Å². The second-order valence-corrected chi connectivity index (χ2v) is 3.77. The zero-order chi connectivity index (χ0) is 7.84. The highest BCUT2D eigenvalue weighted by atomic mass is 32.1. The van der Waals surface area contributed by atoms with E-state index in [9.17, 15) is 4.79 Å². The van der Waals surface area contributed by atoms with Gasteiger partial charge in [0.1, 0.15) is 0 Å². The maximum Gasteiger partial charge on any atom is 0.162 e. The molecule has 0 saturated heterocycles. The fourth-order valence-electron chi connectivity index (χ4n) is 1.15. The van der Waals surface area contributed by atoms with Gasteiger partial charge in [0.25, 0.3) is 0 Å². The lowest BCUT2D eigenvalue weighted by atomic mass is 10.1. The van der Waals surface area contributed by atoms with Gasteiger partial charge in [0.15, 0.2) is 5.78 Å². The van der Waals surface area contributed by atoms with Crippen LogP contribution < -0.4 is 0 Å². The van der Waals surface area contributed by atoms with E-state index in [2.05, 4.69) is 4.37 Å². The molecule has 0 amide bonds. The fourth-order valence-corrected chi connectivity index (χ4v) is 2.10. The van der Waals surface area contributed by atoms with Gasteiger partial charge in [0, 0.05) is 4.88 Å². The molecule has 1 heterocycles. The van der Waals surface area contributed by atoms with Gasteiger partial charge in [0.2, 0.25) is 0 Å². The third-order valence-electron chi connectivity index (χ3n) is 1.93. The summed E-state index contributed by atoms with van der Waals surface area (Å²) in [6.07, 6.45) is 4.17. The predicted octanol–water partition coefficient (Wildman–Crippen LogP) is 2.22. The summed E-state index contributed by atoms with van der Waals surface area (Å²) in [6.45, 7) is 1.61. The number of rotatable bonds is 2. The van der Waals surface area contributed by atoms with Gasteiger partial charge in [-0.15, -0.1) is 0 Å². The molecule has 1 aliphatic carbocycles. The molecule has 1 aliphatic rings. The average molecular weight is 167 g/mol. The molecule has 2 nitrogen and oxygen atoms in total. The first kappa shape index (κ1) is 6.98. The first-order valence-corrected chi connectivity index (χ1v) is 4.52. The molecule has 1 fully saturated rings. The Balaban J connectivity index is 2.37. The van der Waals surface area contributed by atoms with Crippen LogP contribution in [0.15, 0.2) is 6.20 Å². The van der Waals surface area contributed by atoms with Crippen molar-refractivity contribution >= 4 is 17.3 Å². The van der Waals surface area contributed by atoms with Crippen LogP contribution in [-0.4, -0.2) is 10.2 Å². The molecular formula is C8H9NOS. The third kappa shape index (κ3) is 1.20. The van der Waals surface area contributed by atoms with Crippen LogP contribution in [0.4, 0.5) is 0 Å². The molecule has 58 valence electrons. The van der Waals surface area contributed by atoms with Crippen molar-refractivity contribution in [1.29, 1.82) is 0 Å². The van der Waals surface area contributed by atoms with E-state index >= 15 is 0 Å². The Kier molecular flexibility index (Phi) is 1.53. The quantitative estimate of drug-likeness (QED) is 0.632. The van der Waals surface area contributed by atoms with E-state index < -0.39 is 0 Å². The Morgan fingerprint density at radius 3 is 3.00 bits per heavy atom. The second-order valence-electron chi connectivity index (χ2n) is 2.93. The Labute approximate surface area is 69.4 Å². The molecule has 0 radical (unpaired) electrons. The summed E-state index contributed by atoms with van der Waals surface area (Å²) in [7, 11) is 0. The molecule has 2 rings (SSSR count). The minimum Gasteiger partial charge on any atom is -0.294 e. The predicted molar refractivity (Wildman–Crippen MR) is 44.1 cm³/mol. The molecule has 0 aliphatic heterocycles. The lowest BCUT2D eigenvalue weighted by Crippen LogP contribution is -1.92. The SMILES string of the molecule is CC(=O)c1cnsc1C1CC1. The lowest BCUT2D eigenvalue weighted by Gasteiger charge is -1.92. The van der Waals surface area contributed by atoms with Crippen molar-refractivity contribution in [2.45, 2.75) is 25.7 Å². The van der Waals surface area contributed by atoms with Gasteiger partial charge in [-0.3, -0.25) is 4.79 Å². The summed E-state index contributed by atoms with van der Waals surface area (Å²) < 4.78 is 4.03. The average Bonchev–Trinajstić information content (AvgIpc) is 2.68. The van der Waals surface area contributed by atoms with Gasteiger partial charge in [-0.2, -0.15) is 0 Å². The first-order valence-electron chi connectivity index (χ1n) is 3.74. The highest BCUT2D eigenvalue weighted by molar-refractivity contribution is 7.06. The molecule has 0 unspecified atom stereocenters. The molecule has 3 heteroatoms. The highest BCUT2D eigenvalue weighted by Crippen LogP contribution is 2.43. The van der Waals surface area contributed by atoms with Crippen molar-refractivity contribution in [2.75, 3.05) is 0 Å². The number of hydrogen-bond donors (Lipinski definition) is 0. The van der Waals surface area contributed by atoms with Crippen LogP contribution >= 0.6 is 11.5 Å². The maximum atomic E-state index is 11.0. The second kappa shape index (κ2) is 2.41. The van der Waals surface area contributed by atoms with E-state index in [0.29, 0.717) is 5.92 Å². The van der Waals surface area contributed by atoms with Gasteiger partial charge in [-0.1, -0.05) is 0 Å². The lowest BCUT2D eigenvalue weighted by molar-refractivity contribution is 0.101. The van der Waals surface area contributed by atoms with Crippen LogP contribution in [0.5, 0.6) is 0 Å². The molecule has 0 N–H and O–H groups in total. The molecule has 0 spiro atoms. The maximum absolute atomic E-state index is 11.0. The zero-order valence-electron chi connectivity index (χ0n) is 6.33. The zero-order valence-corrected chi connectivity index (χ0v) is 7.15. The Bertz CT molecular complexity index is 288. The van der Waals surface area contributed by atoms with Crippen molar-refractivity contribution < 1.29 is 4.79 Å². The standard InChI is InChI=1S/C8H9NOS/c1-5(10)7-4-9-11-8(7)6-2-3-6/h4,6H,2-3H2,1H3. The summed E-state index contributed by atoms with van der Waals surface area (Å²) in [6, 6.07) is 0. The van der Waals surface area contributed by atoms with E-state index in [0.717, 1.165) is 5.56 Å². The van der Waals surface area contributed by atoms with Crippen LogP contribution in [0.1, 0.15) is 40.9 Å². The van der Waals surface area contributed by atoms with Gasteiger partial charge in [-0.25, -0.2) is 4.37 Å². The molecule has 11 heavy (non-hydrogen) atoms. The number of Topliss-reactive ketones (excluding diaryl/α,β-unsaturated/α-hetero) is 1. The van der Waals surface area contributed by atoms with E-state index in [1.165, 1.54) is 29.3 Å². The van der Waals surface area contributed by atoms with Gasteiger partial charge in [0.05, 0.1) is 11.8 Å². The van der Waals surface area contributed by atoms with E-state index in [1.807, 2.05) is 0 Å². The van der Waals surface area contributed by atoms with E-state index in [4.69, 9.17) is 0 Å². The summed E-state index contributed by atoms with van der Waals surface area (Å²) in [4.78, 5) is 12.2. The molecule has 0 bridgehead atoms. The minimum absolute atomic E-state index is 0.153. The summed E-state index contributed by atoms with van der Waals surface area (Å²) in [5.41, 5.74) is 0.845. The number of carbonyl (C=O) groups excluding carboxylic acids is 1. The van der Waals surface area contributed by atoms with Crippen molar-refractivity contribution in [3.8, 4) is 0 Å². The van der Waals surface area contributed by atoms with Crippen LogP contribution in [0.3, 0.4) is 0 Å². The molecular weight excluding hydrogens is 158 g/mol. The molecule has 1 aromatic rings. The van der Waals surface area contributed by atoms with Crippen LogP contribution in [0, 0.1) is 0 Å². The van der Waals surface area contributed by atoms with Crippen LogP contribution in [0.25, 0.3) is 0 Å². The fraction of sp³-hybridized carbons (Fsp3) is 0.500. The minimum atomic E-state index is 0.153. The van der Waals surface area contributed by atoms with E-state index in [1.54, 1.807) is 13.1 Å².